The number of rotatable bonds is 5. The van der Waals surface area contributed by atoms with Crippen molar-refractivity contribution in [1.82, 2.24) is 4.98 Å². The lowest BCUT2D eigenvalue weighted by Crippen LogP contribution is -2.29. The van der Waals surface area contributed by atoms with Gasteiger partial charge in [0.2, 0.25) is 0 Å². The highest BCUT2D eigenvalue weighted by molar-refractivity contribution is 7.21. The summed E-state index contributed by atoms with van der Waals surface area (Å²) in [6, 6.07) is 8.70. The van der Waals surface area contributed by atoms with Crippen LogP contribution in [0.25, 0.3) is 10.2 Å². The minimum atomic E-state index is -0.420. The van der Waals surface area contributed by atoms with Gasteiger partial charge in [-0.05, 0) is 66.5 Å². The molecule has 1 aliphatic rings. The predicted octanol–water partition coefficient (Wildman–Crippen LogP) is 5.46. The summed E-state index contributed by atoms with van der Waals surface area (Å²) < 4.78 is 4.70. The van der Waals surface area contributed by atoms with Gasteiger partial charge in [-0.15, -0.1) is 11.3 Å². The standard InChI is InChI=1S/C25H29N3O3S/c1-5-25(2,3)16-8-11-19-15(12-16)13-18-20(26)21(32-23(18)28-19)22(29)27-17-9-6-14(7-10-17)24(30)31-4/h6-7,9-10,13,16H,5,8,11-12,26H2,1-4H3,(H,27,29). The van der Waals surface area contributed by atoms with Gasteiger partial charge in [0.05, 0.1) is 18.4 Å². The van der Waals surface area contributed by atoms with E-state index in [9.17, 15) is 9.59 Å². The molecular weight excluding hydrogens is 422 g/mol. The smallest absolute Gasteiger partial charge is 0.337 e. The fraction of sp³-hybridized carbons (Fsp3) is 0.400. The summed E-state index contributed by atoms with van der Waals surface area (Å²) in [5, 5.41) is 3.72. The molecule has 0 radical (unpaired) electrons. The third-order valence-electron chi connectivity index (χ3n) is 6.87. The Morgan fingerprint density at radius 1 is 1.28 bits per heavy atom. The van der Waals surface area contributed by atoms with Crippen molar-refractivity contribution in [3.63, 3.8) is 0 Å². The first-order chi connectivity index (χ1) is 15.2. The molecule has 1 aromatic carbocycles. The van der Waals surface area contributed by atoms with Crippen LogP contribution >= 0.6 is 11.3 Å². The van der Waals surface area contributed by atoms with E-state index in [1.165, 1.54) is 24.0 Å². The van der Waals surface area contributed by atoms with Crippen LogP contribution in [-0.4, -0.2) is 24.0 Å². The summed E-state index contributed by atoms with van der Waals surface area (Å²) in [5.41, 5.74) is 10.6. The van der Waals surface area contributed by atoms with Gasteiger partial charge in [-0.1, -0.05) is 27.2 Å². The van der Waals surface area contributed by atoms with Crippen molar-refractivity contribution in [3.05, 3.63) is 52.0 Å². The zero-order valence-electron chi connectivity index (χ0n) is 19.0. The Morgan fingerprint density at radius 3 is 2.66 bits per heavy atom. The number of thiophene rings is 1. The molecular formula is C25H29N3O3S. The normalized spacial score (nSPS) is 15.9. The molecule has 4 rings (SSSR count). The van der Waals surface area contributed by atoms with Crippen LogP contribution in [0, 0.1) is 11.3 Å². The molecule has 2 heterocycles. The second kappa shape index (κ2) is 8.54. The fourth-order valence-electron chi connectivity index (χ4n) is 4.31. The van der Waals surface area contributed by atoms with Crippen LogP contribution in [0.4, 0.5) is 11.4 Å². The number of benzene rings is 1. The maximum Gasteiger partial charge on any atom is 0.337 e. The largest absolute Gasteiger partial charge is 0.465 e. The van der Waals surface area contributed by atoms with Gasteiger partial charge < -0.3 is 15.8 Å². The number of pyridine rings is 1. The number of hydrogen-bond acceptors (Lipinski definition) is 6. The van der Waals surface area contributed by atoms with Crippen molar-refractivity contribution in [3.8, 4) is 0 Å². The number of carbonyl (C=O) groups excluding carboxylic acids is 2. The molecule has 7 heteroatoms. The molecule has 0 saturated carbocycles. The summed E-state index contributed by atoms with van der Waals surface area (Å²) in [4.78, 5) is 30.6. The van der Waals surface area contributed by atoms with Gasteiger partial charge in [-0.2, -0.15) is 0 Å². The SMILES string of the molecule is CCC(C)(C)C1CCc2nc3sc(C(=O)Nc4ccc(C(=O)OC)cc4)c(N)c3cc2C1. The van der Waals surface area contributed by atoms with E-state index in [1.54, 1.807) is 24.3 Å². The number of aromatic nitrogens is 1. The number of aryl methyl sites for hydroxylation is 1. The molecule has 2 aromatic heterocycles. The van der Waals surface area contributed by atoms with Gasteiger partial charge in [-0.3, -0.25) is 4.79 Å². The van der Waals surface area contributed by atoms with Crippen LogP contribution < -0.4 is 11.1 Å². The number of hydrogen-bond donors (Lipinski definition) is 2. The number of nitrogen functional groups attached to an aromatic ring is 1. The third-order valence-corrected chi connectivity index (χ3v) is 7.99. The molecule has 0 saturated heterocycles. The number of esters is 1. The Bertz CT molecular complexity index is 1180. The number of nitrogens with zero attached hydrogens (tertiary/aromatic N) is 1. The first-order valence-corrected chi connectivity index (χ1v) is 11.8. The van der Waals surface area contributed by atoms with Gasteiger partial charge in [0, 0.05) is 16.8 Å². The van der Waals surface area contributed by atoms with Crippen molar-refractivity contribution in [1.29, 1.82) is 0 Å². The summed E-state index contributed by atoms with van der Waals surface area (Å²) >= 11 is 1.32. The number of nitrogens with two attached hydrogens (primary N) is 1. The summed E-state index contributed by atoms with van der Waals surface area (Å²) in [6.45, 7) is 6.93. The number of anilines is 2. The van der Waals surface area contributed by atoms with Gasteiger partial charge in [-0.25, -0.2) is 9.78 Å². The average molecular weight is 452 g/mol. The van der Waals surface area contributed by atoms with Gasteiger partial charge >= 0.3 is 5.97 Å². The van der Waals surface area contributed by atoms with Crippen LogP contribution in [-0.2, 0) is 17.6 Å². The molecule has 6 nitrogen and oxygen atoms in total. The minimum Gasteiger partial charge on any atom is -0.465 e. The highest BCUT2D eigenvalue weighted by atomic mass is 32.1. The van der Waals surface area contributed by atoms with Crippen LogP contribution in [0.1, 0.15) is 64.9 Å². The van der Waals surface area contributed by atoms with Gasteiger partial charge in [0.1, 0.15) is 9.71 Å². The zero-order valence-corrected chi connectivity index (χ0v) is 19.8. The number of nitrogens with one attached hydrogen (secondary N) is 1. The molecule has 3 N–H and O–H groups in total. The lowest BCUT2D eigenvalue weighted by molar-refractivity contribution is 0.0600. The van der Waals surface area contributed by atoms with E-state index in [2.05, 4.69) is 32.2 Å². The van der Waals surface area contributed by atoms with E-state index >= 15 is 0 Å². The molecule has 1 unspecified atom stereocenters. The maximum atomic E-state index is 12.9. The van der Waals surface area contributed by atoms with Crippen LogP contribution in [0.15, 0.2) is 30.3 Å². The summed E-state index contributed by atoms with van der Waals surface area (Å²) in [6.07, 6.45) is 4.25. The number of carbonyl (C=O) groups is 2. The molecule has 1 amide bonds. The Morgan fingerprint density at radius 2 is 2.00 bits per heavy atom. The second-order valence-corrected chi connectivity index (χ2v) is 10.1. The van der Waals surface area contributed by atoms with Gasteiger partial charge in [0.25, 0.3) is 5.91 Å². The van der Waals surface area contributed by atoms with E-state index in [4.69, 9.17) is 15.5 Å². The molecule has 0 bridgehead atoms. The summed E-state index contributed by atoms with van der Waals surface area (Å²) in [5.74, 6) is -0.0784. The highest BCUT2D eigenvalue weighted by Crippen LogP contribution is 2.42. The molecule has 32 heavy (non-hydrogen) atoms. The van der Waals surface area contributed by atoms with E-state index < -0.39 is 5.97 Å². The Kier molecular flexibility index (Phi) is 5.95. The molecule has 168 valence electrons. The Hall–Kier alpha value is -2.93. The molecule has 0 aliphatic heterocycles. The van der Waals surface area contributed by atoms with Crippen LogP contribution in [0.5, 0.6) is 0 Å². The Balaban J connectivity index is 1.59. The summed E-state index contributed by atoms with van der Waals surface area (Å²) in [7, 11) is 1.33. The van der Waals surface area contributed by atoms with Gasteiger partial charge in [0.15, 0.2) is 0 Å². The van der Waals surface area contributed by atoms with E-state index in [0.29, 0.717) is 33.1 Å². The van der Waals surface area contributed by atoms with Crippen LogP contribution in [0.3, 0.4) is 0 Å². The molecule has 1 aliphatic carbocycles. The van der Waals surface area contributed by atoms with Crippen molar-refractivity contribution < 1.29 is 14.3 Å². The van der Waals surface area contributed by atoms with Crippen molar-refractivity contribution in [2.24, 2.45) is 11.3 Å². The monoisotopic (exact) mass is 451 g/mol. The second-order valence-electron chi connectivity index (χ2n) is 9.10. The minimum absolute atomic E-state index is 0.278. The molecule has 0 fully saturated rings. The highest BCUT2D eigenvalue weighted by Gasteiger charge is 2.32. The lowest BCUT2D eigenvalue weighted by Gasteiger charge is -2.36. The first-order valence-electron chi connectivity index (χ1n) is 10.9. The zero-order chi connectivity index (χ0) is 23.0. The number of amides is 1. The molecule has 0 spiro atoms. The van der Waals surface area contributed by atoms with Crippen molar-refractivity contribution >= 4 is 44.8 Å². The Labute approximate surface area is 192 Å². The quantitative estimate of drug-likeness (QED) is 0.503. The van der Waals surface area contributed by atoms with Crippen molar-refractivity contribution in [2.75, 3.05) is 18.2 Å². The fourth-order valence-corrected chi connectivity index (χ4v) is 5.30. The third kappa shape index (κ3) is 4.09. The average Bonchev–Trinajstić information content (AvgIpc) is 3.12. The van der Waals surface area contributed by atoms with Crippen LogP contribution in [0.2, 0.25) is 0 Å². The topological polar surface area (TPSA) is 94.3 Å². The number of fused-ring (bicyclic) bond motifs is 2. The lowest BCUT2D eigenvalue weighted by atomic mass is 9.69. The van der Waals surface area contributed by atoms with E-state index in [0.717, 1.165) is 41.6 Å². The van der Waals surface area contributed by atoms with E-state index in [-0.39, 0.29) is 5.91 Å². The van der Waals surface area contributed by atoms with Crippen molar-refractivity contribution in [2.45, 2.75) is 46.5 Å². The number of methoxy groups -OCH3 is 1. The molecule has 1 atom stereocenters. The maximum absolute atomic E-state index is 12.9. The predicted molar refractivity (Wildman–Crippen MR) is 129 cm³/mol. The molecule has 3 aromatic rings. The van der Waals surface area contributed by atoms with E-state index in [1.807, 2.05) is 0 Å². The first kappa shape index (κ1) is 22.3. The number of ether oxygens (including phenoxy) is 1.